The molecular weight excluding hydrogens is 236 g/mol. The van der Waals surface area contributed by atoms with E-state index in [1.807, 2.05) is 0 Å². The van der Waals surface area contributed by atoms with E-state index < -0.39 is 0 Å². The number of rotatable bonds is 6. The van der Waals surface area contributed by atoms with E-state index in [0.717, 1.165) is 25.9 Å². The Morgan fingerprint density at radius 2 is 2.24 bits per heavy atom. The fraction of sp³-hybridized carbons (Fsp3) is 0.917. The third-order valence-electron chi connectivity index (χ3n) is 3.00. The van der Waals surface area contributed by atoms with Gasteiger partial charge in [-0.2, -0.15) is 11.8 Å². The lowest BCUT2D eigenvalue weighted by atomic mass is 10.2. The number of hydrogen-bond donors (Lipinski definition) is 2. The highest BCUT2D eigenvalue weighted by atomic mass is 32.2. The van der Waals surface area contributed by atoms with Crippen molar-refractivity contribution in [3.05, 3.63) is 0 Å². The van der Waals surface area contributed by atoms with Crippen molar-refractivity contribution in [3.8, 4) is 0 Å². The lowest BCUT2D eigenvalue weighted by molar-refractivity contribution is 0.104. The lowest BCUT2D eigenvalue weighted by Gasteiger charge is -2.22. The van der Waals surface area contributed by atoms with E-state index >= 15 is 0 Å². The van der Waals surface area contributed by atoms with E-state index in [4.69, 9.17) is 4.74 Å². The van der Waals surface area contributed by atoms with Crippen LogP contribution >= 0.6 is 11.8 Å². The zero-order valence-corrected chi connectivity index (χ0v) is 11.9. The van der Waals surface area contributed by atoms with Gasteiger partial charge in [-0.1, -0.05) is 0 Å². The van der Waals surface area contributed by atoms with Crippen molar-refractivity contribution < 1.29 is 9.53 Å². The van der Waals surface area contributed by atoms with E-state index in [2.05, 4.69) is 30.7 Å². The minimum absolute atomic E-state index is 0.0786. The molecule has 0 aromatic carbocycles. The molecule has 1 atom stereocenters. The van der Waals surface area contributed by atoms with E-state index in [1.54, 1.807) is 11.8 Å². The first kappa shape index (κ1) is 14.6. The predicted octanol–water partition coefficient (Wildman–Crippen LogP) is 2.00. The summed E-state index contributed by atoms with van der Waals surface area (Å²) in [4.78, 5) is 11.5. The van der Waals surface area contributed by atoms with Crippen LogP contribution in [0.2, 0.25) is 0 Å². The maximum absolute atomic E-state index is 11.5. The summed E-state index contributed by atoms with van der Waals surface area (Å²) in [6.07, 6.45) is 5.59. The molecule has 1 aliphatic heterocycles. The van der Waals surface area contributed by atoms with Gasteiger partial charge in [0, 0.05) is 24.4 Å². The first-order valence-electron chi connectivity index (χ1n) is 6.22. The van der Waals surface area contributed by atoms with Crippen molar-refractivity contribution in [1.82, 2.24) is 10.6 Å². The second-order valence-electron chi connectivity index (χ2n) is 5.00. The van der Waals surface area contributed by atoms with Gasteiger partial charge in [0.1, 0.15) is 0 Å². The average Bonchev–Trinajstić information content (AvgIpc) is 2.80. The molecule has 1 fully saturated rings. The number of hydrogen-bond acceptors (Lipinski definition) is 3. The Hall–Kier alpha value is -0.420. The highest BCUT2D eigenvalue weighted by Gasteiger charge is 2.17. The van der Waals surface area contributed by atoms with Crippen molar-refractivity contribution in [2.45, 2.75) is 44.0 Å². The van der Waals surface area contributed by atoms with E-state index in [1.165, 1.54) is 0 Å². The molecule has 17 heavy (non-hydrogen) atoms. The summed E-state index contributed by atoms with van der Waals surface area (Å²) in [5.74, 6) is 0. The van der Waals surface area contributed by atoms with Crippen LogP contribution in [0.3, 0.4) is 0 Å². The van der Waals surface area contributed by atoms with Crippen LogP contribution in [0.25, 0.3) is 0 Å². The van der Waals surface area contributed by atoms with Crippen LogP contribution in [0.1, 0.15) is 33.1 Å². The molecular formula is C12H24N2O2S. The molecule has 0 aromatic heterocycles. The van der Waals surface area contributed by atoms with Crippen LogP contribution in [0, 0.1) is 0 Å². The molecule has 1 saturated heterocycles. The zero-order valence-electron chi connectivity index (χ0n) is 11.0. The highest BCUT2D eigenvalue weighted by molar-refractivity contribution is 7.99. The molecule has 0 bridgehead atoms. The second kappa shape index (κ2) is 7.11. The van der Waals surface area contributed by atoms with E-state index in [9.17, 15) is 4.79 Å². The molecule has 1 heterocycles. The summed E-state index contributed by atoms with van der Waals surface area (Å²) in [6, 6.07) is -0.0786. The van der Waals surface area contributed by atoms with Crippen LogP contribution in [0.15, 0.2) is 0 Å². The topological polar surface area (TPSA) is 50.4 Å². The standard InChI is InChI=1S/C12H24N2O2S/c1-12(2,17-3)9-14-11(15)13-7-6-10-5-4-8-16-10/h10H,4-9H2,1-3H3,(H2,13,14,15). The summed E-state index contributed by atoms with van der Waals surface area (Å²) in [5.41, 5.74) is 0. The molecule has 2 amide bonds. The van der Waals surface area contributed by atoms with Gasteiger partial charge in [0.15, 0.2) is 0 Å². The molecule has 0 aliphatic carbocycles. The Morgan fingerprint density at radius 1 is 1.47 bits per heavy atom. The van der Waals surface area contributed by atoms with Gasteiger partial charge in [-0.15, -0.1) is 0 Å². The Bertz CT molecular complexity index is 241. The minimum atomic E-state index is -0.0786. The Labute approximate surface area is 108 Å². The number of carbonyl (C=O) groups is 1. The Morgan fingerprint density at radius 3 is 2.82 bits per heavy atom. The molecule has 0 spiro atoms. The summed E-state index contributed by atoms with van der Waals surface area (Å²) in [5, 5.41) is 5.75. The molecule has 0 radical (unpaired) electrons. The van der Waals surface area contributed by atoms with Crippen molar-refractivity contribution >= 4 is 17.8 Å². The number of nitrogens with one attached hydrogen (secondary N) is 2. The SMILES string of the molecule is CSC(C)(C)CNC(=O)NCCC1CCCO1. The third-order valence-corrected chi connectivity index (χ3v) is 4.25. The number of ether oxygens (including phenoxy) is 1. The molecule has 1 aliphatic rings. The normalized spacial score (nSPS) is 20.3. The lowest BCUT2D eigenvalue weighted by Crippen LogP contribution is -2.42. The van der Waals surface area contributed by atoms with Crippen LogP contribution in [0.4, 0.5) is 4.79 Å². The van der Waals surface area contributed by atoms with Crippen molar-refractivity contribution in [2.24, 2.45) is 0 Å². The number of thioether (sulfide) groups is 1. The largest absolute Gasteiger partial charge is 0.378 e. The fourth-order valence-electron chi connectivity index (χ4n) is 1.65. The van der Waals surface area contributed by atoms with E-state index in [0.29, 0.717) is 19.2 Å². The van der Waals surface area contributed by atoms with Crippen LogP contribution < -0.4 is 10.6 Å². The first-order valence-corrected chi connectivity index (χ1v) is 7.44. The molecule has 0 saturated carbocycles. The molecule has 5 heteroatoms. The van der Waals surface area contributed by atoms with Gasteiger partial charge in [-0.05, 0) is 39.4 Å². The van der Waals surface area contributed by atoms with Crippen LogP contribution in [-0.4, -0.2) is 42.8 Å². The van der Waals surface area contributed by atoms with Gasteiger partial charge < -0.3 is 15.4 Å². The molecule has 4 nitrogen and oxygen atoms in total. The maximum Gasteiger partial charge on any atom is 0.314 e. The molecule has 100 valence electrons. The monoisotopic (exact) mass is 260 g/mol. The van der Waals surface area contributed by atoms with Gasteiger partial charge >= 0.3 is 6.03 Å². The second-order valence-corrected chi connectivity index (χ2v) is 6.51. The quantitative estimate of drug-likeness (QED) is 0.768. The van der Waals surface area contributed by atoms with E-state index in [-0.39, 0.29) is 10.8 Å². The van der Waals surface area contributed by atoms with Gasteiger partial charge in [-0.25, -0.2) is 4.79 Å². The zero-order chi connectivity index (χ0) is 12.7. The van der Waals surface area contributed by atoms with Gasteiger partial charge in [0.2, 0.25) is 0 Å². The number of carbonyl (C=O) groups excluding carboxylic acids is 1. The Balaban J connectivity index is 2.04. The molecule has 0 aromatic rings. The van der Waals surface area contributed by atoms with Crippen LogP contribution in [0.5, 0.6) is 0 Å². The first-order chi connectivity index (χ1) is 8.03. The van der Waals surface area contributed by atoms with Crippen molar-refractivity contribution in [1.29, 1.82) is 0 Å². The molecule has 1 unspecified atom stereocenters. The summed E-state index contributed by atoms with van der Waals surface area (Å²) in [7, 11) is 0. The summed E-state index contributed by atoms with van der Waals surface area (Å²) in [6.45, 7) is 6.48. The molecule has 1 rings (SSSR count). The Kier molecular flexibility index (Phi) is 6.12. The maximum atomic E-state index is 11.5. The van der Waals surface area contributed by atoms with Gasteiger partial charge in [0.05, 0.1) is 6.10 Å². The smallest absolute Gasteiger partial charge is 0.314 e. The fourth-order valence-corrected chi connectivity index (χ4v) is 1.86. The number of amides is 2. The van der Waals surface area contributed by atoms with Crippen LogP contribution in [-0.2, 0) is 4.74 Å². The average molecular weight is 260 g/mol. The van der Waals surface area contributed by atoms with Gasteiger partial charge in [0.25, 0.3) is 0 Å². The minimum Gasteiger partial charge on any atom is -0.378 e. The summed E-state index contributed by atoms with van der Waals surface area (Å²) < 4.78 is 5.58. The predicted molar refractivity (Wildman–Crippen MR) is 72.6 cm³/mol. The van der Waals surface area contributed by atoms with Crippen molar-refractivity contribution in [3.63, 3.8) is 0 Å². The highest BCUT2D eigenvalue weighted by Crippen LogP contribution is 2.19. The summed E-state index contributed by atoms with van der Waals surface area (Å²) >= 11 is 1.75. The van der Waals surface area contributed by atoms with Crippen molar-refractivity contribution in [2.75, 3.05) is 26.0 Å². The third kappa shape index (κ3) is 6.17. The number of urea groups is 1. The van der Waals surface area contributed by atoms with Gasteiger partial charge in [-0.3, -0.25) is 0 Å². The molecule has 2 N–H and O–H groups in total.